The lowest BCUT2D eigenvalue weighted by atomic mass is 10.1. The van der Waals surface area contributed by atoms with Crippen LogP contribution in [0.4, 0.5) is 5.69 Å². The molecule has 0 saturated carbocycles. The van der Waals surface area contributed by atoms with Crippen LogP contribution < -0.4 is 10.1 Å². The number of benzene rings is 1. The van der Waals surface area contributed by atoms with Crippen LogP contribution in [0.2, 0.25) is 0 Å². The predicted molar refractivity (Wildman–Crippen MR) is 79.2 cm³/mol. The van der Waals surface area contributed by atoms with E-state index in [0.717, 1.165) is 41.1 Å². The van der Waals surface area contributed by atoms with Crippen molar-refractivity contribution in [2.45, 2.75) is 6.42 Å². The van der Waals surface area contributed by atoms with Gasteiger partial charge < -0.3 is 14.5 Å². The van der Waals surface area contributed by atoms with Crippen LogP contribution in [0.1, 0.15) is 5.76 Å². The van der Waals surface area contributed by atoms with Crippen molar-refractivity contribution in [3.8, 4) is 5.75 Å². The highest BCUT2D eigenvalue weighted by Crippen LogP contribution is 2.27. The van der Waals surface area contributed by atoms with Gasteiger partial charge in [-0.2, -0.15) is 0 Å². The lowest BCUT2D eigenvalue weighted by Gasteiger charge is -2.10. The van der Waals surface area contributed by atoms with Gasteiger partial charge in [-0.25, -0.2) is 0 Å². The molecule has 0 aliphatic heterocycles. The van der Waals surface area contributed by atoms with Crippen LogP contribution in [0, 0.1) is 0 Å². The summed E-state index contributed by atoms with van der Waals surface area (Å²) in [6, 6.07) is 11.8. The summed E-state index contributed by atoms with van der Waals surface area (Å²) in [7, 11) is 1.67. The molecule has 4 heteroatoms. The molecule has 20 heavy (non-hydrogen) atoms. The van der Waals surface area contributed by atoms with Gasteiger partial charge in [0.25, 0.3) is 0 Å². The molecule has 4 nitrogen and oxygen atoms in total. The van der Waals surface area contributed by atoms with Crippen molar-refractivity contribution in [2.24, 2.45) is 0 Å². The summed E-state index contributed by atoms with van der Waals surface area (Å²) in [5, 5.41) is 4.46. The first kappa shape index (κ1) is 12.5. The highest BCUT2D eigenvalue weighted by molar-refractivity contribution is 5.91. The number of aromatic nitrogens is 1. The van der Waals surface area contributed by atoms with E-state index < -0.39 is 0 Å². The lowest BCUT2D eigenvalue weighted by Crippen LogP contribution is -2.05. The Labute approximate surface area is 117 Å². The van der Waals surface area contributed by atoms with Gasteiger partial charge in [-0.3, -0.25) is 4.98 Å². The maximum atomic E-state index is 5.33. The van der Waals surface area contributed by atoms with E-state index in [1.807, 2.05) is 36.4 Å². The van der Waals surface area contributed by atoms with Gasteiger partial charge in [-0.1, -0.05) is 6.07 Å². The van der Waals surface area contributed by atoms with Gasteiger partial charge in [0.05, 0.1) is 24.6 Å². The van der Waals surface area contributed by atoms with Crippen LogP contribution in [-0.4, -0.2) is 18.6 Å². The van der Waals surface area contributed by atoms with Crippen molar-refractivity contribution < 1.29 is 9.15 Å². The number of furan rings is 1. The third-order valence-corrected chi connectivity index (χ3v) is 3.18. The summed E-state index contributed by atoms with van der Waals surface area (Å²) in [5.41, 5.74) is 1.93. The zero-order valence-corrected chi connectivity index (χ0v) is 11.3. The summed E-state index contributed by atoms with van der Waals surface area (Å²) < 4.78 is 10.7. The minimum absolute atomic E-state index is 0.784. The molecule has 0 spiro atoms. The molecule has 3 rings (SSSR count). The van der Waals surface area contributed by atoms with Gasteiger partial charge in [-0.15, -0.1) is 0 Å². The number of nitrogens with zero attached hydrogens (tertiary/aromatic N) is 1. The minimum atomic E-state index is 0.784. The number of hydrogen-bond acceptors (Lipinski definition) is 4. The van der Waals surface area contributed by atoms with E-state index in [9.17, 15) is 0 Å². The average molecular weight is 268 g/mol. The molecular formula is C16H16N2O2. The molecule has 0 radical (unpaired) electrons. The van der Waals surface area contributed by atoms with Crippen molar-refractivity contribution in [3.05, 3.63) is 54.6 Å². The SMILES string of the molecule is COc1cc(NCCc2ccco2)c2ncccc2c1. The Morgan fingerprint density at radius 3 is 3.00 bits per heavy atom. The maximum absolute atomic E-state index is 5.33. The number of methoxy groups -OCH3 is 1. The molecule has 0 amide bonds. The Morgan fingerprint density at radius 2 is 2.20 bits per heavy atom. The smallest absolute Gasteiger partial charge is 0.121 e. The Hall–Kier alpha value is -2.49. The Bertz CT molecular complexity index is 693. The minimum Gasteiger partial charge on any atom is -0.497 e. The van der Waals surface area contributed by atoms with Gasteiger partial charge in [0.2, 0.25) is 0 Å². The summed E-state index contributed by atoms with van der Waals surface area (Å²) in [5.74, 6) is 1.80. The van der Waals surface area contributed by atoms with Crippen molar-refractivity contribution in [1.82, 2.24) is 4.98 Å². The summed E-state index contributed by atoms with van der Waals surface area (Å²) in [6.45, 7) is 0.784. The topological polar surface area (TPSA) is 47.3 Å². The third kappa shape index (κ3) is 2.59. The van der Waals surface area contributed by atoms with E-state index in [1.165, 1.54) is 0 Å². The van der Waals surface area contributed by atoms with Crippen LogP contribution in [0.25, 0.3) is 10.9 Å². The predicted octanol–water partition coefficient (Wildman–Crippen LogP) is 3.49. The van der Waals surface area contributed by atoms with Gasteiger partial charge in [-0.05, 0) is 24.3 Å². The van der Waals surface area contributed by atoms with Crippen LogP contribution in [0.3, 0.4) is 0 Å². The number of nitrogens with one attached hydrogen (secondary N) is 1. The Kier molecular flexibility index (Phi) is 3.54. The molecule has 0 aliphatic carbocycles. The molecule has 3 aromatic rings. The largest absolute Gasteiger partial charge is 0.497 e. The molecule has 1 N–H and O–H groups in total. The zero-order chi connectivity index (χ0) is 13.8. The molecule has 0 atom stereocenters. The first-order chi connectivity index (χ1) is 9.86. The van der Waals surface area contributed by atoms with E-state index in [4.69, 9.17) is 9.15 Å². The first-order valence-electron chi connectivity index (χ1n) is 6.56. The highest BCUT2D eigenvalue weighted by Gasteiger charge is 2.05. The fourth-order valence-electron chi connectivity index (χ4n) is 2.19. The maximum Gasteiger partial charge on any atom is 0.121 e. The van der Waals surface area contributed by atoms with Gasteiger partial charge >= 0.3 is 0 Å². The summed E-state index contributed by atoms with van der Waals surface area (Å²) in [4.78, 5) is 4.43. The number of ether oxygens (including phenoxy) is 1. The second kappa shape index (κ2) is 5.65. The van der Waals surface area contributed by atoms with Crippen molar-refractivity contribution in [1.29, 1.82) is 0 Å². The monoisotopic (exact) mass is 268 g/mol. The van der Waals surface area contributed by atoms with E-state index >= 15 is 0 Å². The summed E-state index contributed by atoms with van der Waals surface area (Å²) >= 11 is 0. The third-order valence-electron chi connectivity index (χ3n) is 3.18. The molecular weight excluding hydrogens is 252 g/mol. The summed E-state index contributed by atoms with van der Waals surface area (Å²) in [6.07, 6.45) is 4.32. The van der Waals surface area contributed by atoms with Crippen LogP contribution in [-0.2, 0) is 6.42 Å². The van der Waals surface area contributed by atoms with Crippen molar-refractivity contribution in [3.63, 3.8) is 0 Å². The molecule has 2 heterocycles. The van der Waals surface area contributed by atoms with Crippen LogP contribution in [0.5, 0.6) is 5.75 Å². The fourth-order valence-corrected chi connectivity index (χ4v) is 2.19. The van der Waals surface area contributed by atoms with E-state index in [1.54, 1.807) is 19.6 Å². The fraction of sp³-hybridized carbons (Fsp3) is 0.188. The van der Waals surface area contributed by atoms with E-state index in [2.05, 4.69) is 10.3 Å². The first-order valence-corrected chi connectivity index (χ1v) is 6.56. The van der Waals surface area contributed by atoms with E-state index in [0.29, 0.717) is 0 Å². The molecule has 0 bridgehead atoms. The Morgan fingerprint density at radius 1 is 1.25 bits per heavy atom. The highest BCUT2D eigenvalue weighted by atomic mass is 16.5. The quantitative estimate of drug-likeness (QED) is 0.769. The van der Waals surface area contributed by atoms with Gasteiger partial charge in [0, 0.05) is 30.6 Å². The zero-order valence-electron chi connectivity index (χ0n) is 11.3. The van der Waals surface area contributed by atoms with Crippen LogP contribution >= 0.6 is 0 Å². The number of pyridine rings is 1. The molecule has 102 valence electrons. The molecule has 0 aliphatic rings. The number of hydrogen-bond donors (Lipinski definition) is 1. The normalized spacial score (nSPS) is 10.7. The van der Waals surface area contributed by atoms with E-state index in [-0.39, 0.29) is 0 Å². The van der Waals surface area contributed by atoms with Crippen molar-refractivity contribution in [2.75, 3.05) is 19.0 Å². The van der Waals surface area contributed by atoms with Crippen LogP contribution in [0.15, 0.2) is 53.3 Å². The molecule has 0 fully saturated rings. The molecule has 0 saturated heterocycles. The second-order valence-corrected chi connectivity index (χ2v) is 4.51. The van der Waals surface area contributed by atoms with Crippen molar-refractivity contribution >= 4 is 16.6 Å². The second-order valence-electron chi connectivity index (χ2n) is 4.51. The molecule has 2 aromatic heterocycles. The standard InChI is InChI=1S/C16H16N2O2/c1-19-14-10-12-4-2-7-18-16(12)15(11-14)17-8-6-13-5-3-9-20-13/h2-5,7,9-11,17H,6,8H2,1H3. The number of rotatable bonds is 5. The lowest BCUT2D eigenvalue weighted by molar-refractivity contribution is 0.415. The Balaban J connectivity index is 1.82. The van der Waals surface area contributed by atoms with Gasteiger partial charge in [0.1, 0.15) is 11.5 Å². The molecule has 0 unspecified atom stereocenters. The number of fused-ring (bicyclic) bond motifs is 1. The molecule has 1 aromatic carbocycles. The number of anilines is 1. The van der Waals surface area contributed by atoms with Gasteiger partial charge in [0.15, 0.2) is 0 Å². The average Bonchev–Trinajstić information content (AvgIpc) is 3.00.